The van der Waals surface area contributed by atoms with Crippen LogP contribution in [-0.2, 0) is 27.2 Å². The first-order valence-corrected chi connectivity index (χ1v) is 11.6. The van der Waals surface area contributed by atoms with Crippen LogP contribution in [0.5, 0.6) is 11.5 Å². The number of aryl methyl sites for hydroxylation is 2. The molecule has 1 aliphatic heterocycles. The number of ether oxygens (including phenoxy) is 3. The van der Waals surface area contributed by atoms with Crippen LogP contribution in [-0.4, -0.2) is 62.6 Å². The Kier molecular flexibility index (Phi) is 7.83. The van der Waals surface area contributed by atoms with Crippen molar-refractivity contribution in [2.24, 2.45) is 5.16 Å². The number of benzene rings is 2. The Balaban J connectivity index is 1.23. The van der Waals surface area contributed by atoms with Gasteiger partial charge in [-0.1, -0.05) is 11.2 Å². The number of oxime groups is 1. The molecule has 1 unspecified atom stereocenters. The Labute approximate surface area is 195 Å². The maximum atomic E-state index is 12.6. The SMILES string of the molecule is COc1ccc(/C(C)=N/OCC(=O)N2CCOC(COc3ccc4c(c3)CCCC4)C2)cc1. The summed E-state index contributed by atoms with van der Waals surface area (Å²) in [5, 5.41) is 4.09. The molecule has 1 fully saturated rings. The monoisotopic (exact) mass is 452 g/mol. The fourth-order valence-electron chi connectivity index (χ4n) is 4.20. The molecule has 176 valence electrons. The Bertz CT molecular complexity index is 973. The molecule has 1 amide bonds. The van der Waals surface area contributed by atoms with Gasteiger partial charge in [0.1, 0.15) is 24.2 Å². The smallest absolute Gasteiger partial charge is 0.263 e. The molecule has 1 heterocycles. The van der Waals surface area contributed by atoms with Crippen LogP contribution in [0.15, 0.2) is 47.6 Å². The largest absolute Gasteiger partial charge is 0.497 e. The fraction of sp³-hybridized carbons (Fsp3) is 0.462. The van der Waals surface area contributed by atoms with Gasteiger partial charge in [0.15, 0.2) is 6.61 Å². The topological polar surface area (TPSA) is 69.6 Å². The van der Waals surface area contributed by atoms with Crippen molar-refractivity contribution in [3.63, 3.8) is 0 Å². The lowest BCUT2D eigenvalue weighted by atomic mass is 9.92. The van der Waals surface area contributed by atoms with Crippen molar-refractivity contribution in [1.82, 2.24) is 4.90 Å². The Morgan fingerprint density at radius 2 is 1.85 bits per heavy atom. The van der Waals surface area contributed by atoms with E-state index in [-0.39, 0.29) is 18.6 Å². The van der Waals surface area contributed by atoms with E-state index < -0.39 is 0 Å². The van der Waals surface area contributed by atoms with E-state index in [2.05, 4.69) is 17.3 Å². The second-order valence-electron chi connectivity index (χ2n) is 8.46. The van der Waals surface area contributed by atoms with Gasteiger partial charge in [-0.25, -0.2) is 0 Å². The van der Waals surface area contributed by atoms with Crippen LogP contribution < -0.4 is 9.47 Å². The number of morpholine rings is 1. The molecule has 33 heavy (non-hydrogen) atoms. The highest BCUT2D eigenvalue weighted by molar-refractivity contribution is 5.98. The number of hydrogen-bond acceptors (Lipinski definition) is 6. The maximum absolute atomic E-state index is 12.6. The molecule has 0 aromatic heterocycles. The minimum atomic E-state index is -0.164. The Morgan fingerprint density at radius 1 is 1.09 bits per heavy atom. The minimum Gasteiger partial charge on any atom is -0.497 e. The predicted molar refractivity (Wildman–Crippen MR) is 126 cm³/mol. The summed E-state index contributed by atoms with van der Waals surface area (Å²) in [5.74, 6) is 1.54. The third-order valence-electron chi connectivity index (χ3n) is 6.14. The molecule has 1 atom stereocenters. The number of carbonyl (C=O) groups excluding carboxylic acids is 1. The van der Waals surface area contributed by atoms with E-state index in [1.807, 2.05) is 37.3 Å². The number of hydrogen-bond donors (Lipinski definition) is 0. The van der Waals surface area contributed by atoms with Gasteiger partial charge in [-0.15, -0.1) is 0 Å². The highest BCUT2D eigenvalue weighted by Gasteiger charge is 2.25. The zero-order valence-electron chi connectivity index (χ0n) is 19.4. The molecular formula is C26H32N2O5. The first-order valence-electron chi connectivity index (χ1n) is 11.6. The molecule has 4 rings (SSSR count). The van der Waals surface area contributed by atoms with E-state index in [4.69, 9.17) is 19.0 Å². The molecule has 7 nitrogen and oxygen atoms in total. The maximum Gasteiger partial charge on any atom is 0.263 e. The van der Waals surface area contributed by atoms with E-state index in [0.717, 1.165) is 29.9 Å². The summed E-state index contributed by atoms with van der Waals surface area (Å²) in [6, 6.07) is 13.9. The number of carbonyl (C=O) groups is 1. The van der Waals surface area contributed by atoms with E-state index in [1.54, 1.807) is 12.0 Å². The standard InChI is InChI=1S/C26H32N2O5/c1-19(20-7-10-23(30-2)11-8-20)27-33-18-26(29)28-13-14-31-25(16-28)17-32-24-12-9-21-5-3-4-6-22(21)15-24/h7-12,15,25H,3-6,13-14,16-18H2,1-2H3/b27-19+. The highest BCUT2D eigenvalue weighted by Crippen LogP contribution is 2.25. The number of rotatable bonds is 8. The Morgan fingerprint density at radius 3 is 2.64 bits per heavy atom. The third kappa shape index (κ3) is 6.26. The average Bonchev–Trinajstić information content (AvgIpc) is 2.87. The van der Waals surface area contributed by atoms with Crippen molar-refractivity contribution in [1.29, 1.82) is 0 Å². The lowest BCUT2D eigenvalue weighted by Crippen LogP contribution is -2.48. The summed E-state index contributed by atoms with van der Waals surface area (Å²) < 4.78 is 17.0. The van der Waals surface area contributed by atoms with Crippen LogP contribution >= 0.6 is 0 Å². The van der Waals surface area contributed by atoms with Gasteiger partial charge in [-0.05, 0) is 85.7 Å². The first kappa shape index (κ1) is 23.1. The summed E-state index contributed by atoms with van der Waals surface area (Å²) in [6.07, 6.45) is 4.62. The molecular weight excluding hydrogens is 420 g/mol. The second-order valence-corrected chi connectivity index (χ2v) is 8.46. The summed E-state index contributed by atoms with van der Waals surface area (Å²) in [7, 11) is 1.63. The van der Waals surface area contributed by atoms with Gasteiger partial charge in [-0.2, -0.15) is 0 Å². The number of amides is 1. The zero-order chi connectivity index (χ0) is 23.0. The first-order chi connectivity index (χ1) is 16.1. The molecule has 0 bridgehead atoms. The van der Waals surface area contributed by atoms with Gasteiger partial charge >= 0.3 is 0 Å². The van der Waals surface area contributed by atoms with Gasteiger partial charge in [0.25, 0.3) is 5.91 Å². The van der Waals surface area contributed by atoms with Crippen LogP contribution in [0.25, 0.3) is 0 Å². The zero-order valence-corrected chi connectivity index (χ0v) is 19.4. The summed E-state index contributed by atoms with van der Waals surface area (Å²) in [4.78, 5) is 19.7. The van der Waals surface area contributed by atoms with E-state index >= 15 is 0 Å². The fourth-order valence-corrected chi connectivity index (χ4v) is 4.20. The quantitative estimate of drug-likeness (QED) is 0.452. The average molecular weight is 453 g/mol. The molecule has 1 saturated heterocycles. The van der Waals surface area contributed by atoms with Crippen molar-refractivity contribution in [2.45, 2.75) is 38.7 Å². The number of methoxy groups -OCH3 is 1. The summed E-state index contributed by atoms with van der Waals surface area (Å²) in [5.41, 5.74) is 4.43. The van der Waals surface area contributed by atoms with Crippen LogP contribution in [0.3, 0.4) is 0 Å². The van der Waals surface area contributed by atoms with Gasteiger partial charge in [0.05, 0.1) is 26.0 Å². The van der Waals surface area contributed by atoms with Crippen LogP contribution in [0, 0.1) is 0 Å². The molecule has 0 N–H and O–H groups in total. The van der Waals surface area contributed by atoms with Crippen molar-refractivity contribution in [3.8, 4) is 11.5 Å². The Hall–Kier alpha value is -3.06. The van der Waals surface area contributed by atoms with E-state index in [1.165, 1.54) is 24.0 Å². The van der Waals surface area contributed by atoms with E-state index in [0.29, 0.717) is 32.0 Å². The van der Waals surface area contributed by atoms with Crippen LogP contribution in [0.1, 0.15) is 36.5 Å². The molecule has 1 aliphatic carbocycles. The van der Waals surface area contributed by atoms with Gasteiger partial charge in [0, 0.05) is 6.54 Å². The van der Waals surface area contributed by atoms with Crippen LogP contribution in [0.2, 0.25) is 0 Å². The summed E-state index contributed by atoms with van der Waals surface area (Å²) >= 11 is 0. The minimum absolute atomic E-state index is 0.105. The molecule has 7 heteroatoms. The van der Waals surface area contributed by atoms with Crippen molar-refractivity contribution >= 4 is 11.6 Å². The van der Waals surface area contributed by atoms with Crippen molar-refractivity contribution < 1.29 is 23.8 Å². The summed E-state index contributed by atoms with van der Waals surface area (Å²) in [6.45, 7) is 3.66. The van der Waals surface area contributed by atoms with Gasteiger partial charge in [-0.3, -0.25) is 4.79 Å². The number of nitrogens with zero attached hydrogens (tertiary/aromatic N) is 2. The van der Waals surface area contributed by atoms with E-state index in [9.17, 15) is 4.79 Å². The highest BCUT2D eigenvalue weighted by atomic mass is 16.6. The van der Waals surface area contributed by atoms with Crippen molar-refractivity contribution in [3.05, 3.63) is 59.2 Å². The second kappa shape index (κ2) is 11.2. The van der Waals surface area contributed by atoms with Gasteiger partial charge in [0.2, 0.25) is 0 Å². The molecule has 2 aliphatic rings. The molecule has 0 spiro atoms. The molecule has 0 radical (unpaired) electrons. The lowest BCUT2D eigenvalue weighted by molar-refractivity contribution is -0.144. The third-order valence-corrected chi connectivity index (χ3v) is 6.14. The normalized spacial score (nSPS) is 18.4. The predicted octanol–water partition coefficient (Wildman–Crippen LogP) is 3.62. The molecule has 0 saturated carbocycles. The lowest BCUT2D eigenvalue weighted by Gasteiger charge is -2.32. The van der Waals surface area contributed by atoms with Crippen LogP contribution in [0.4, 0.5) is 0 Å². The van der Waals surface area contributed by atoms with Gasteiger partial charge < -0.3 is 23.9 Å². The van der Waals surface area contributed by atoms with Crippen molar-refractivity contribution in [2.75, 3.05) is 40.0 Å². The molecule has 2 aromatic carbocycles. The molecule has 2 aromatic rings. The number of fused-ring (bicyclic) bond motifs is 1.